The summed E-state index contributed by atoms with van der Waals surface area (Å²) in [5, 5.41) is 13.5. The van der Waals surface area contributed by atoms with Crippen LogP contribution in [0, 0.1) is 0 Å². The van der Waals surface area contributed by atoms with E-state index in [0.29, 0.717) is 40.1 Å². The molecule has 11 heteroatoms. The molecule has 7 nitrogen and oxygen atoms in total. The third-order valence-electron chi connectivity index (χ3n) is 7.07. The largest absolute Gasteiger partial charge is 0.478 e. The lowest BCUT2D eigenvalue weighted by Crippen LogP contribution is -2.32. The zero-order valence-corrected chi connectivity index (χ0v) is 20.9. The van der Waals surface area contributed by atoms with Gasteiger partial charge < -0.3 is 5.11 Å². The Bertz CT molecular complexity index is 1800. The van der Waals surface area contributed by atoms with Crippen molar-refractivity contribution in [2.24, 2.45) is 0 Å². The van der Waals surface area contributed by atoms with Gasteiger partial charge in [0.05, 0.1) is 34.4 Å². The molecule has 0 spiro atoms. The highest BCUT2D eigenvalue weighted by Gasteiger charge is 2.49. The second kappa shape index (κ2) is 8.88. The monoisotopic (exact) mass is 552 g/mol. The number of hydrogen-bond donors (Lipinski definition) is 1. The molecule has 3 aromatic carbocycles. The smallest absolute Gasteiger partial charge is 0.435 e. The van der Waals surface area contributed by atoms with E-state index in [2.05, 4.69) is 5.10 Å². The van der Waals surface area contributed by atoms with Crippen LogP contribution in [0.15, 0.2) is 83.8 Å². The number of aromatic carboxylic acids is 1. The summed E-state index contributed by atoms with van der Waals surface area (Å²) in [4.78, 5) is 25.6. The quantitative estimate of drug-likeness (QED) is 0.282. The number of imidazole rings is 1. The van der Waals surface area contributed by atoms with E-state index in [9.17, 15) is 27.9 Å². The zero-order valence-electron chi connectivity index (χ0n) is 20.2. The van der Waals surface area contributed by atoms with E-state index < -0.39 is 23.4 Å². The number of rotatable bonds is 6. The standard InChI is InChI=1S/C28H20ClF3N4O3/c29-20-6-9-22-23(15-20)35(21-7-4-17(5-8-21)16-34-13-10-24(33-34)28(30,31)32)26(39)36(22)27(11-12-27)19-3-1-2-18(14-19)25(37)38/h1-10,13-15H,11-12,16H2,(H,37,38). The average Bonchev–Trinajstić information content (AvgIpc) is 3.45. The Kier molecular flexibility index (Phi) is 5.69. The highest BCUT2D eigenvalue weighted by molar-refractivity contribution is 6.31. The van der Waals surface area contributed by atoms with Gasteiger partial charge in [-0.3, -0.25) is 13.8 Å². The number of aromatic nitrogens is 4. The SMILES string of the molecule is O=C(O)c1cccc(C2(n3c(=O)n(-c4ccc(Cn5ccc(C(F)(F)F)n5)cc4)c4cc(Cl)ccc43)CC2)c1. The highest BCUT2D eigenvalue weighted by atomic mass is 35.5. The van der Waals surface area contributed by atoms with Crippen LogP contribution in [0.4, 0.5) is 13.2 Å². The molecule has 0 radical (unpaired) electrons. The molecule has 39 heavy (non-hydrogen) atoms. The van der Waals surface area contributed by atoms with Crippen molar-refractivity contribution in [1.29, 1.82) is 0 Å². The number of carbonyl (C=O) groups is 1. The highest BCUT2D eigenvalue weighted by Crippen LogP contribution is 2.50. The topological polar surface area (TPSA) is 82.0 Å². The molecule has 1 fully saturated rings. The van der Waals surface area contributed by atoms with Crippen LogP contribution >= 0.6 is 11.6 Å². The maximum Gasteiger partial charge on any atom is 0.435 e. The van der Waals surface area contributed by atoms with Crippen molar-refractivity contribution >= 4 is 28.6 Å². The molecule has 198 valence electrons. The Morgan fingerprint density at radius 3 is 2.38 bits per heavy atom. The summed E-state index contributed by atoms with van der Waals surface area (Å²) in [5.41, 5.74) is 1.44. The van der Waals surface area contributed by atoms with E-state index in [1.165, 1.54) is 16.9 Å². The van der Waals surface area contributed by atoms with Crippen molar-refractivity contribution in [2.45, 2.75) is 31.1 Å². The third kappa shape index (κ3) is 4.30. The van der Waals surface area contributed by atoms with Crippen LogP contribution < -0.4 is 5.69 Å². The van der Waals surface area contributed by atoms with Crippen LogP contribution in [-0.4, -0.2) is 30.0 Å². The van der Waals surface area contributed by atoms with E-state index in [-0.39, 0.29) is 17.8 Å². The number of benzene rings is 3. The molecule has 1 saturated carbocycles. The minimum absolute atomic E-state index is 0.127. The number of halogens is 4. The van der Waals surface area contributed by atoms with E-state index in [1.54, 1.807) is 63.7 Å². The van der Waals surface area contributed by atoms with Crippen LogP contribution in [0.5, 0.6) is 0 Å². The first-order chi connectivity index (χ1) is 18.6. The molecule has 0 amide bonds. The molecule has 0 unspecified atom stereocenters. The third-order valence-corrected chi connectivity index (χ3v) is 7.31. The fourth-order valence-corrected chi connectivity index (χ4v) is 5.24. The van der Waals surface area contributed by atoms with Gasteiger partial charge in [-0.15, -0.1) is 0 Å². The van der Waals surface area contributed by atoms with Gasteiger partial charge in [0.2, 0.25) is 0 Å². The predicted molar refractivity (Wildman–Crippen MR) is 139 cm³/mol. The lowest BCUT2D eigenvalue weighted by atomic mass is 10.0. The zero-order chi connectivity index (χ0) is 27.5. The van der Waals surface area contributed by atoms with Crippen molar-refractivity contribution in [3.05, 3.63) is 117 Å². The molecule has 5 aromatic rings. The van der Waals surface area contributed by atoms with Crippen LogP contribution in [0.3, 0.4) is 0 Å². The van der Waals surface area contributed by atoms with Crippen LogP contribution in [0.1, 0.15) is 40.0 Å². The Morgan fingerprint density at radius 2 is 1.74 bits per heavy atom. The second-order valence-corrected chi connectivity index (χ2v) is 10.0. The summed E-state index contributed by atoms with van der Waals surface area (Å²) in [6.07, 6.45) is -1.91. The predicted octanol–water partition coefficient (Wildman–Crippen LogP) is 5.94. The summed E-state index contributed by atoms with van der Waals surface area (Å²) in [6, 6.07) is 19.6. The summed E-state index contributed by atoms with van der Waals surface area (Å²) >= 11 is 6.31. The maximum absolute atomic E-state index is 14.0. The molecule has 0 aliphatic heterocycles. The maximum atomic E-state index is 14.0. The van der Waals surface area contributed by atoms with Gasteiger partial charge in [-0.05, 0) is 72.5 Å². The number of hydrogen-bond acceptors (Lipinski definition) is 3. The van der Waals surface area contributed by atoms with Gasteiger partial charge in [0.15, 0.2) is 5.69 Å². The molecule has 2 heterocycles. The summed E-state index contributed by atoms with van der Waals surface area (Å²) in [5.74, 6) is -1.04. The van der Waals surface area contributed by atoms with Gasteiger partial charge in [0.25, 0.3) is 0 Å². The van der Waals surface area contributed by atoms with Gasteiger partial charge >= 0.3 is 17.8 Å². The number of alkyl halides is 3. The average molecular weight is 553 g/mol. The summed E-state index contributed by atoms with van der Waals surface area (Å²) in [6.45, 7) is 0.127. The lowest BCUT2D eigenvalue weighted by molar-refractivity contribution is -0.141. The normalized spacial score (nSPS) is 14.6. The number of fused-ring (bicyclic) bond motifs is 1. The molecular formula is C28H20ClF3N4O3. The Hall–Kier alpha value is -4.31. The van der Waals surface area contributed by atoms with E-state index in [0.717, 1.165) is 11.6 Å². The summed E-state index contributed by atoms with van der Waals surface area (Å²) in [7, 11) is 0. The number of carboxylic acid groups (broad SMARTS) is 1. The second-order valence-electron chi connectivity index (χ2n) is 9.57. The molecule has 0 bridgehead atoms. The van der Waals surface area contributed by atoms with Gasteiger partial charge in [0.1, 0.15) is 0 Å². The molecular weight excluding hydrogens is 533 g/mol. The van der Waals surface area contributed by atoms with Gasteiger partial charge in [-0.2, -0.15) is 18.3 Å². The number of nitrogens with zero attached hydrogens (tertiary/aromatic N) is 4. The molecule has 1 N–H and O–H groups in total. The lowest BCUT2D eigenvalue weighted by Gasteiger charge is -2.18. The molecule has 0 saturated heterocycles. The van der Waals surface area contributed by atoms with Crippen molar-refractivity contribution in [3.63, 3.8) is 0 Å². The van der Waals surface area contributed by atoms with Gasteiger partial charge in [-0.1, -0.05) is 35.9 Å². The van der Waals surface area contributed by atoms with Crippen molar-refractivity contribution in [1.82, 2.24) is 18.9 Å². The van der Waals surface area contributed by atoms with Crippen LogP contribution in [-0.2, 0) is 18.3 Å². The van der Waals surface area contributed by atoms with Crippen molar-refractivity contribution in [2.75, 3.05) is 0 Å². The van der Waals surface area contributed by atoms with E-state index in [4.69, 9.17) is 11.6 Å². The minimum atomic E-state index is -4.51. The molecule has 2 aromatic heterocycles. The van der Waals surface area contributed by atoms with Gasteiger partial charge in [-0.25, -0.2) is 9.59 Å². The van der Waals surface area contributed by atoms with Gasteiger partial charge in [0, 0.05) is 11.2 Å². The molecule has 6 rings (SSSR count). The van der Waals surface area contributed by atoms with Crippen molar-refractivity contribution < 1.29 is 23.1 Å². The molecule has 0 atom stereocenters. The van der Waals surface area contributed by atoms with Crippen molar-refractivity contribution in [3.8, 4) is 5.69 Å². The first kappa shape index (κ1) is 25.0. The summed E-state index contributed by atoms with van der Waals surface area (Å²) < 4.78 is 43.1. The fraction of sp³-hybridized carbons (Fsp3) is 0.179. The van der Waals surface area contributed by atoms with E-state index >= 15 is 0 Å². The Labute approximate surface area is 224 Å². The first-order valence-corrected chi connectivity index (χ1v) is 12.4. The Balaban J connectivity index is 1.42. The van der Waals surface area contributed by atoms with Crippen LogP contribution in [0.25, 0.3) is 16.7 Å². The first-order valence-electron chi connectivity index (χ1n) is 12.0. The molecule has 1 aliphatic rings. The molecule has 1 aliphatic carbocycles. The fourth-order valence-electron chi connectivity index (χ4n) is 5.07. The minimum Gasteiger partial charge on any atom is -0.478 e. The Morgan fingerprint density at radius 1 is 1.00 bits per heavy atom. The number of carboxylic acids is 1. The van der Waals surface area contributed by atoms with E-state index in [1.807, 2.05) is 6.07 Å². The van der Waals surface area contributed by atoms with Crippen LogP contribution in [0.2, 0.25) is 5.02 Å².